The predicted octanol–water partition coefficient (Wildman–Crippen LogP) is 0.882. The number of anilines is 1. The second-order valence-electron chi connectivity index (χ2n) is 8.14. The van der Waals surface area contributed by atoms with E-state index in [2.05, 4.69) is 10.3 Å². The summed E-state index contributed by atoms with van der Waals surface area (Å²) in [6.45, 7) is -0.895. The van der Waals surface area contributed by atoms with Gasteiger partial charge in [0.05, 0.1) is 6.61 Å². The molecule has 1 saturated heterocycles. The summed E-state index contributed by atoms with van der Waals surface area (Å²) in [5.74, 6) is -6.13. The van der Waals surface area contributed by atoms with Gasteiger partial charge in [-0.1, -0.05) is 0 Å². The number of nitrogens with zero attached hydrogens (tertiary/aromatic N) is 3. The Morgan fingerprint density at radius 1 is 1.19 bits per heavy atom. The Morgan fingerprint density at radius 3 is 2.59 bits per heavy atom. The molecule has 3 heterocycles. The van der Waals surface area contributed by atoms with Gasteiger partial charge in [0.25, 0.3) is 0 Å². The summed E-state index contributed by atoms with van der Waals surface area (Å²) in [7, 11) is 0. The summed E-state index contributed by atoms with van der Waals surface area (Å²) in [5.41, 5.74) is -1.63. The van der Waals surface area contributed by atoms with Gasteiger partial charge < -0.3 is 14.9 Å². The van der Waals surface area contributed by atoms with Gasteiger partial charge in [0.15, 0.2) is 6.10 Å². The molecule has 192 valence electrons. The van der Waals surface area contributed by atoms with Gasteiger partial charge in [-0.3, -0.25) is 0 Å². The number of fused-ring (bicyclic) bond motifs is 1. The number of amides is 1. The first-order valence-corrected chi connectivity index (χ1v) is 12.4. The van der Waals surface area contributed by atoms with E-state index in [1.807, 2.05) is 6.07 Å². The zero-order valence-electron chi connectivity index (χ0n) is 18.5. The summed E-state index contributed by atoms with van der Waals surface area (Å²) in [5, 5.41) is 21.5. The number of halogens is 3. The van der Waals surface area contributed by atoms with E-state index < -0.39 is 68.7 Å². The molecule has 2 aromatic heterocycles. The normalized spacial score (nSPS) is 20.8. The summed E-state index contributed by atoms with van der Waals surface area (Å²) in [4.78, 5) is 41.1. The second kappa shape index (κ2) is 9.39. The third-order valence-electron chi connectivity index (χ3n) is 5.81. The number of nitrogens with one attached hydrogen (secondary N) is 1. The molecular weight excluding hydrogens is 564 g/mol. The van der Waals surface area contributed by atoms with Crippen molar-refractivity contribution in [2.45, 2.75) is 24.4 Å². The van der Waals surface area contributed by atoms with Crippen LogP contribution in [0.2, 0.25) is 0 Å². The van der Waals surface area contributed by atoms with Crippen LogP contribution in [0.3, 0.4) is 0 Å². The molecule has 10 nitrogen and oxygen atoms in total. The number of alkyl halides is 2. The van der Waals surface area contributed by atoms with Crippen molar-refractivity contribution in [2.75, 3.05) is 11.9 Å². The van der Waals surface area contributed by atoms with Crippen LogP contribution in [0.25, 0.3) is 15.3 Å². The number of hydrogen-bond donors (Lipinski definition) is 3. The number of aliphatic hydroxyl groups excluding tert-OH is 2. The molecular formula is C23H17F3N4O6Se. The molecule has 3 N–H and O–H groups in total. The molecule has 1 aliphatic rings. The zero-order chi connectivity index (χ0) is 26.5. The first-order chi connectivity index (χ1) is 17.6. The van der Waals surface area contributed by atoms with Gasteiger partial charge >= 0.3 is 169 Å². The number of rotatable bonds is 5. The molecule has 1 amide bonds. The fourth-order valence-electron chi connectivity index (χ4n) is 3.92. The van der Waals surface area contributed by atoms with Crippen molar-refractivity contribution in [3.63, 3.8) is 0 Å². The van der Waals surface area contributed by atoms with Gasteiger partial charge in [-0.15, -0.1) is 0 Å². The Morgan fingerprint density at radius 2 is 1.95 bits per heavy atom. The first kappa shape index (κ1) is 25.1. The van der Waals surface area contributed by atoms with Crippen LogP contribution in [0.15, 0.2) is 64.3 Å². The number of benzene rings is 2. The Hall–Kier alpha value is -3.55. The number of hydrogen-bond acceptors (Lipinski definition) is 7. The van der Waals surface area contributed by atoms with Crippen LogP contribution in [0.5, 0.6) is 0 Å². The van der Waals surface area contributed by atoms with Crippen molar-refractivity contribution < 1.29 is 32.9 Å². The van der Waals surface area contributed by atoms with Gasteiger partial charge in [0.2, 0.25) is 0 Å². The quantitative estimate of drug-likeness (QED) is 0.298. The van der Waals surface area contributed by atoms with Crippen LogP contribution >= 0.6 is 0 Å². The van der Waals surface area contributed by atoms with Gasteiger partial charge in [-0.2, -0.15) is 8.78 Å². The molecule has 2 aromatic carbocycles. The molecule has 3 unspecified atom stereocenters. The Balaban J connectivity index is 1.37. The molecule has 0 aliphatic carbocycles. The molecule has 5 rings (SSSR count). The van der Waals surface area contributed by atoms with E-state index >= 15 is 0 Å². The van der Waals surface area contributed by atoms with Gasteiger partial charge in [0.1, 0.15) is 6.10 Å². The van der Waals surface area contributed by atoms with Crippen molar-refractivity contribution in [3.8, 4) is 5.69 Å². The van der Waals surface area contributed by atoms with Crippen LogP contribution < -0.4 is 16.6 Å². The fraction of sp³-hybridized carbons (Fsp3) is 0.217. The summed E-state index contributed by atoms with van der Waals surface area (Å²) < 4.78 is 51.1. The SMILES string of the molecule is O=C(Nc1ccn(C2OC(CO)C(O)C2(F)F)c(=O)n1)c1ccc(-n2[se]c3ccccc3c2=O)cc1F. The molecule has 0 saturated carbocycles. The zero-order valence-corrected chi connectivity index (χ0v) is 20.3. The minimum absolute atomic E-state index is 0.272. The van der Waals surface area contributed by atoms with Crippen LogP contribution in [-0.2, 0) is 4.74 Å². The van der Waals surface area contributed by atoms with Crippen LogP contribution in [0, 0.1) is 5.82 Å². The number of carbonyl (C=O) groups is 1. The second-order valence-corrected chi connectivity index (χ2v) is 10.2. The molecule has 1 fully saturated rings. The van der Waals surface area contributed by atoms with Crippen LogP contribution in [-0.4, -0.2) is 68.7 Å². The van der Waals surface area contributed by atoms with E-state index in [1.165, 1.54) is 15.7 Å². The molecule has 1 aliphatic heterocycles. The van der Waals surface area contributed by atoms with Crippen LogP contribution in [0.4, 0.5) is 19.0 Å². The molecule has 0 radical (unpaired) electrons. The first-order valence-electron chi connectivity index (χ1n) is 10.8. The molecule has 14 heteroatoms. The predicted molar refractivity (Wildman–Crippen MR) is 125 cm³/mol. The van der Waals surface area contributed by atoms with Crippen molar-refractivity contribution in [3.05, 3.63) is 86.9 Å². The van der Waals surface area contributed by atoms with Crippen molar-refractivity contribution >= 4 is 36.1 Å². The van der Waals surface area contributed by atoms with E-state index in [4.69, 9.17) is 9.84 Å². The summed E-state index contributed by atoms with van der Waals surface area (Å²) >= 11 is -0.398. The van der Waals surface area contributed by atoms with E-state index in [0.29, 0.717) is 9.95 Å². The molecule has 3 atom stereocenters. The third-order valence-corrected chi connectivity index (χ3v) is 8.14. The number of aromatic nitrogens is 3. The molecule has 0 bridgehead atoms. The molecule has 37 heavy (non-hydrogen) atoms. The minimum atomic E-state index is -3.89. The maximum absolute atomic E-state index is 14.8. The Bertz CT molecular complexity index is 1630. The summed E-state index contributed by atoms with van der Waals surface area (Å²) in [6, 6.07) is 11.7. The van der Waals surface area contributed by atoms with E-state index in [0.717, 1.165) is 22.6 Å². The standard InChI is InChI=1S/C23H17F3N4O6Se/c24-14-9-11(30-20(34)13-3-1-2-4-16(13)37-30)5-6-12(14)19(33)27-17-7-8-29(22(35)28-17)21-23(25,26)18(32)15(10-31)36-21/h1-9,15,18,21,31-32H,10H2,(H,27,28,33,35). The van der Waals surface area contributed by atoms with Crippen molar-refractivity contribution in [2.24, 2.45) is 0 Å². The van der Waals surface area contributed by atoms with Crippen molar-refractivity contribution in [1.82, 2.24) is 13.1 Å². The Labute approximate surface area is 211 Å². The number of aliphatic hydroxyl groups is 2. The van der Waals surface area contributed by atoms with E-state index in [9.17, 15) is 32.7 Å². The van der Waals surface area contributed by atoms with Gasteiger partial charge in [0, 0.05) is 0 Å². The Kier molecular flexibility index (Phi) is 6.38. The number of carbonyl (C=O) groups excluding carboxylic acids is 1. The molecule has 4 aromatic rings. The van der Waals surface area contributed by atoms with E-state index in [1.54, 1.807) is 18.2 Å². The van der Waals surface area contributed by atoms with Crippen molar-refractivity contribution in [1.29, 1.82) is 0 Å². The summed E-state index contributed by atoms with van der Waals surface area (Å²) in [6.07, 6.45) is -5.31. The van der Waals surface area contributed by atoms with Gasteiger partial charge in [-0.05, 0) is 0 Å². The van der Waals surface area contributed by atoms with Gasteiger partial charge in [-0.25, -0.2) is 0 Å². The topological polar surface area (TPSA) is 136 Å². The third kappa shape index (κ3) is 4.32. The number of ether oxygens (including phenoxy) is 1. The average Bonchev–Trinajstić information content (AvgIpc) is 3.32. The van der Waals surface area contributed by atoms with Crippen LogP contribution in [0.1, 0.15) is 16.6 Å². The fourth-order valence-corrected chi connectivity index (χ4v) is 6.00. The molecule has 0 spiro atoms. The monoisotopic (exact) mass is 582 g/mol. The van der Waals surface area contributed by atoms with E-state index in [-0.39, 0.29) is 17.1 Å². The average molecular weight is 581 g/mol. The maximum atomic E-state index is 14.8.